The maximum absolute atomic E-state index is 10.7. The highest BCUT2D eigenvalue weighted by Gasteiger charge is 2.50. The van der Waals surface area contributed by atoms with Gasteiger partial charge in [-0.05, 0) is 67.8 Å². The van der Waals surface area contributed by atoms with Gasteiger partial charge in [0.05, 0.1) is 0 Å². The summed E-state index contributed by atoms with van der Waals surface area (Å²) in [6, 6.07) is 0. The van der Waals surface area contributed by atoms with Crippen LogP contribution in [0.3, 0.4) is 0 Å². The first kappa shape index (κ1) is 10.2. The molecule has 0 unspecified atom stereocenters. The minimum Gasteiger partial charge on any atom is -0.502 e. The molecule has 4 aliphatic carbocycles. The minimum atomic E-state index is -1.18. The maximum atomic E-state index is 10.7. The van der Waals surface area contributed by atoms with Crippen molar-refractivity contribution in [1.29, 1.82) is 0 Å². The van der Waals surface area contributed by atoms with Gasteiger partial charge >= 0.3 is 5.97 Å². The first-order valence-corrected chi connectivity index (χ1v) is 6.21. The van der Waals surface area contributed by atoms with Gasteiger partial charge in [-0.2, -0.15) is 0 Å². The van der Waals surface area contributed by atoms with Gasteiger partial charge in [0.1, 0.15) is 0 Å². The average molecular weight is 222 g/mol. The molecule has 3 heteroatoms. The van der Waals surface area contributed by atoms with Crippen LogP contribution >= 0.6 is 0 Å². The highest BCUT2D eigenvalue weighted by molar-refractivity contribution is 5.83. The van der Waals surface area contributed by atoms with Crippen molar-refractivity contribution in [2.24, 2.45) is 23.2 Å². The van der Waals surface area contributed by atoms with Crippen LogP contribution in [0.5, 0.6) is 0 Å². The Labute approximate surface area is 95.2 Å². The van der Waals surface area contributed by atoms with Crippen molar-refractivity contribution < 1.29 is 15.0 Å². The number of rotatable bonds is 2. The van der Waals surface area contributed by atoms with Gasteiger partial charge in [-0.15, -0.1) is 0 Å². The number of aliphatic carboxylic acids is 1. The summed E-state index contributed by atoms with van der Waals surface area (Å²) in [6.45, 7) is 0. The molecular formula is C13H18O3. The normalized spacial score (nSPS) is 46.0. The van der Waals surface area contributed by atoms with Crippen molar-refractivity contribution in [3.8, 4) is 0 Å². The van der Waals surface area contributed by atoms with Gasteiger partial charge in [-0.1, -0.05) is 0 Å². The lowest BCUT2D eigenvalue weighted by atomic mass is 9.49. The molecule has 0 aliphatic heterocycles. The van der Waals surface area contributed by atoms with E-state index in [1.165, 1.54) is 19.3 Å². The zero-order valence-corrected chi connectivity index (χ0v) is 9.35. The molecule has 0 amide bonds. The Morgan fingerprint density at radius 3 is 1.81 bits per heavy atom. The van der Waals surface area contributed by atoms with E-state index in [2.05, 4.69) is 0 Å². The van der Waals surface area contributed by atoms with Gasteiger partial charge in [0.25, 0.3) is 0 Å². The maximum Gasteiger partial charge on any atom is 0.370 e. The predicted octanol–water partition coefficient (Wildman–Crippen LogP) is 2.73. The van der Waals surface area contributed by atoms with Gasteiger partial charge in [-0.3, -0.25) is 0 Å². The number of hydrogen-bond donors (Lipinski definition) is 2. The predicted molar refractivity (Wildman–Crippen MR) is 59.0 cm³/mol. The zero-order valence-electron chi connectivity index (χ0n) is 9.35. The number of carbonyl (C=O) groups is 1. The quantitative estimate of drug-likeness (QED) is 0.558. The van der Waals surface area contributed by atoms with Gasteiger partial charge in [0.15, 0.2) is 5.76 Å². The molecule has 0 radical (unpaired) electrons. The van der Waals surface area contributed by atoms with Crippen LogP contribution < -0.4 is 0 Å². The smallest absolute Gasteiger partial charge is 0.370 e. The first-order valence-electron chi connectivity index (χ1n) is 6.21. The third kappa shape index (κ3) is 1.53. The van der Waals surface area contributed by atoms with E-state index < -0.39 is 11.7 Å². The second-order valence-electron chi connectivity index (χ2n) is 6.11. The number of hydrogen-bond acceptors (Lipinski definition) is 2. The third-order valence-corrected chi connectivity index (χ3v) is 4.75. The van der Waals surface area contributed by atoms with Gasteiger partial charge in [0, 0.05) is 0 Å². The molecule has 2 N–H and O–H groups in total. The van der Waals surface area contributed by atoms with Crippen molar-refractivity contribution in [3.63, 3.8) is 0 Å². The van der Waals surface area contributed by atoms with Crippen LogP contribution in [0, 0.1) is 23.2 Å². The van der Waals surface area contributed by atoms with Gasteiger partial charge in [0.2, 0.25) is 0 Å². The fourth-order valence-corrected chi connectivity index (χ4v) is 4.71. The molecule has 16 heavy (non-hydrogen) atoms. The summed E-state index contributed by atoms with van der Waals surface area (Å²) in [5.41, 5.74) is 0.0111. The van der Waals surface area contributed by atoms with E-state index in [0.29, 0.717) is 0 Å². The molecule has 4 bridgehead atoms. The van der Waals surface area contributed by atoms with Crippen molar-refractivity contribution in [2.75, 3.05) is 0 Å². The lowest BCUT2D eigenvalue weighted by Gasteiger charge is -2.55. The number of allylic oxidation sites excluding steroid dienone is 1. The lowest BCUT2D eigenvalue weighted by Crippen LogP contribution is -2.45. The average Bonchev–Trinajstić information content (AvgIpc) is 2.13. The van der Waals surface area contributed by atoms with Crippen LogP contribution in [0.2, 0.25) is 0 Å². The van der Waals surface area contributed by atoms with Crippen molar-refractivity contribution in [1.82, 2.24) is 0 Å². The Balaban J connectivity index is 1.89. The molecule has 0 saturated heterocycles. The van der Waals surface area contributed by atoms with Crippen LogP contribution in [0.4, 0.5) is 0 Å². The van der Waals surface area contributed by atoms with Crippen LogP contribution in [0.15, 0.2) is 11.8 Å². The molecule has 0 heterocycles. The summed E-state index contributed by atoms with van der Waals surface area (Å²) in [6.07, 6.45) is 8.94. The Morgan fingerprint density at radius 1 is 1.00 bits per heavy atom. The van der Waals surface area contributed by atoms with Crippen LogP contribution in [0.25, 0.3) is 0 Å². The molecule has 0 spiro atoms. The number of aliphatic hydroxyl groups is 1. The number of carboxylic acids is 1. The molecule has 4 fully saturated rings. The van der Waals surface area contributed by atoms with E-state index in [-0.39, 0.29) is 5.41 Å². The molecule has 0 aromatic heterocycles. The van der Waals surface area contributed by atoms with Gasteiger partial charge in [-0.25, -0.2) is 4.79 Å². The third-order valence-electron chi connectivity index (χ3n) is 4.75. The van der Waals surface area contributed by atoms with E-state index in [9.17, 15) is 9.90 Å². The van der Waals surface area contributed by atoms with Crippen LogP contribution in [-0.4, -0.2) is 16.2 Å². The van der Waals surface area contributed by atoms with E-state index in [1.54, 1.807) is 6.08 Å². The molecule has 0 atom stereocenters. The minimum absolute atomic E-state index is 0.0111. The van der Waals surface area contributed by atoms with Crippen LogP contribution in [0.1, 0.15) is 38.5 Å². The standard InChI is InChI=1S/C13H18O3/c14-11(12(15)16)7-13-4-8-1-9(5-13)3-10(2-8)6-13/h7-10,14H,1-6H2,(H,15,16)/b11-7-. The summed E-state index contributed by atoms with van der Waals surface area (Å²) in [4.78, 5) is 10.7. The highest BCUT2D eigenvalue weighted by atomic mass is 16.4. The van der Waals surface area contributed by atoms with Crippen molar-refractivity contribution in [2.45, 2.75) is 38.5 Å². The topological polar surface area (TPSA) is 57.5 Å². The fraction of sp³-hybridized carbons (Fsp3) is 0.769. The molecule has 0 aromatic rings. The number of aliphatic hydroxyl groups excluding tert-OH is 1. The summed E-state index contributed by atoms with van der Waals surface area (Å²) in [7, 11) is 0. The molecule has 4 rings (SSSR count). The largest absolute Gasteiger partial charge is 0.502 e. The highest BCUT2D eigenvalue weighted by Crippen LogP contribution is 2.60. The summed E-state index contributed by atoms with van der Waals surface area (Å²) in [5, 5.41) is 18.2. The summed E-state index contributed by atoms with van der Waals surface area (Å²) >= 11 is 0. The van der Waals surface area contributed by atoms with E-state index in [1.807, 2.05) is 0 Å². The lowest BCUT2D eigenvalue weighted by molar-refractivity contribution is -0.135. The molecule has 4 aliphatic rings. The second-order valence-corrected chi connectivity index (χ2v) is 6.11. The second kappa shape index (κ2) is 3.25. The monoisotopic (exact) mass is 222 g/mol. The van der Waals surface area contributed by atoms with Crippen molar-refractivity contribution >= 4 is 5.97 Å². The molecular weight excluding hydrogens is 204 g/mol. The molecule has 0 aromatic carbocycles. The first-order chi connectivity index (χ1) is 7.56. The Kier molecular flexibility index (Phi) is 2.07. The van der Waals surface area contributed by atoms with Crippen molar-refractivity contribution in [3.05, 3.63) is 11.8 Å². The van der Waals surface area contributed by atoms with E-state index in [0.717, 1.165) is 37.0 Å². The Morgan fingerprint density at radius 2 is 1.44 bits per heavy atom. The molecule has 4 saturated carbocycles. The number of carboxylic acid groups (broad SMARTS) is 1. The van der Waals surface area contributed by atoms with Crippen LogP contribution in [-0.2, 0) is 4.79 Å². The SMILES string of the molecule is O=C(O)/C(O)=C/C12CC3CC(CC(C3)C1)C2. The Bertz CT molecular complexity index is 321. The molecule has 3 nitrogen and oxygen atoms in total. The Hall–Kier alpha value is -0.990. The summed E-state index contributed by atoms with van der Waals surface area (Å²) in [5.74, 6) is 0.718. The molecule has 88 valence electrons. The fourth-order valence-electron chi connectivity index (χ4n) is 4.71. The summed E-state index contributed by atoms with van der Waals surface area (Å²) < 4.78 is 0. The van der Waals surface area contributed by atoms with E-state index in [4.69, 9.17) is 5.11 Å². The van der Waals surface area contributed by atoms with Gasteiger partial charge < -0.3 is 10.2 Å². The zero-order chi connectivity index (χ0) is 11.3. The van der Waals surface area contributed by atoms with E-state index >= 15 is 0 Å².